The van der Waals surface area contributed by atoms with Crippen LogP contribution in [0.25, 0.3) is 5.69 Å². The summed E-state index contributed by atoms with van der Waals surface area (Å²) in [7, 11) is 2.24. The number of ether oxygens (including phenoxy) is 1. The van der Waals surface area contributed by atoms with E-state index in [0.29, 0.717) is 10.1 Å². The third kappa shape index (κ3) is 3.52. The zero-order chi connectivity index (χ0) is 19.6. The van der Waals surface area contributed by atoms with Gasteiger partial charge in [0.15, 0.2) is 0 Å². The smallest absolute Gasteiger partial charge is 0.384 e. The molecule has 0 bridgehead atoms. The summed E-state index contributed by atoms with van der Waals surface area (Å²) in [5, 5.41) is 9.07. The molecule has 0 N–H and O–H groups in total. The molecule has 2 aromatic rings. The van der Waals surface area contributed by atoms with Crippen molar-refractivity contribution in [3.05, 3.63) is 61.7 Å². The molecule has 26 heavy (non-hydrogen) atoms. The van der Waals surface area contributed by atoms with E-state index in [9.17, 15) is 27.2 Å². The Labute approximate surface area is 144 Å². The van der Waals surface area contributed by atoms with Crippen LogP contribution in [-0.2, 0) is 24.4 Å². The lowest BCUT2D eigenvalue weighted by molar-refractivity contribution is -0.144. The van der Waals surface area contributed by atoms with E-state index in [4.69, 9.17) is 10.00 Å². The zero-order valence-electron chi connectivity index (χ0n) is 13.7. The maximum absolute atomic E-state index is 14.3. The van der Waals surface area contributed by atoms with Crippen LogP contribution in [-0.4, -0.2) is 22.9 Å². The van der Waals surface area contributed by atoms with Crippen molar-refractivity contribution in [2.24, 2.45) is 7.05 Å². The molecule has 0 aliphatic heterocycles. The molecule has 0 spiro atoms. The number of alkyl halides is 3. The Kier molecular flexibility index (Phi) is 5.32. The van der Waals surface area contributed by atoms with Crippen LogP contribution in [0.5, 0.6) is 0 Å². The van der Waals surface area contributed by atoms with Gasteiger partial charge >= 0.3 is 11.9 Å². The van der Waals surface area contributed by atoms with Gasteiger partial charge in [-0.2, -0.15) is 18.4 Å². The number of hydrogen-bond acceptors (Lipinski definition) is 4. The van der Waals surface area contributed by atoms with E-state index < -0.39 is 34.6 Å². The molecule has 0 aliphatic carbocycles. The lowest BCUT2D eigenvalue weighted by atomic mass is 10.0. The molecule has 1 aromatic carbocycles. The number of nitriles is 1. The number of aromatic nitrogens is 2. The molecule has 0 unspecified atom stereocenters. The van der Waals surface area contributed by atoms with E-state index in [1.807, 2.05) is 0 Å². The SMILES string of the molecule is COCCc1cc(-n2c(=O)cc(C(F)(F)F)n(C)c2=O)c(F)cc1C#N. The van der Waals surface area contributed by atoms with Crippen molar-refractivity contribution in [3.63, 3.8) is 0 Å². The minimum atomic E-state index is -4.92. The molecule has 0 amide bonds. The van der Waals surface area contributed by atoms with Gasteiger partial charge in [-0.25, -0.2) is 13.8 Å². The molecule has 2 rings (SSSR count). The van der Waals surface area contributed by atoms with E-state index in [-0.39, 0.29) is 29.2 Å². The summed E-state index contributed by atoms with van der Waals surface area (Å²) in [6.45, 7) is 0.180. The normalized spacial score (nSPS) is 11.4. The molecule has 1 heterocycles. The van der Waals surface area contributed by atoms with E-state index in [0.717, 1.165) is 19.2 Å². The molecule has 0 fully saturated rings. The molecular formula is C16H13F4N3O3. The van der Waals surface area contributed by atoms with E-state index >= 15 is 0 Å². The predicted octanol–water partition coefficient (Wildman–Crippen LogP) is 1.75. The largest absolute Gasteiger partial charge is 0.431 e. The van der Waals surface area contributed by atoms with Crippen molar-refractivity contribution in [2.75, 3.05) is 13.7 Å². The summed E-state index contributed by atoms with van der Waals surface area (Å²) in [6.07, 6.45) is -4.73. The van der Waals surface area contributed by atoms with Crippen molar-refractivity contribution >= 4 is 0 Å². The average molecular weight is 371 g/mol. The minimum Gasteiger partial charge on any atom is -0.384 e. The summed E-state index contributed by atoms with van der Waals surface area (Å²) < 4.78 is 58.4. The van der Waals surface area contributed by atoms with Crippen molar-refractivity contribution in [1.82, 2.24) is 9.13 Å². The standard InChI is InChI=1S/C16H13F4N3O3/c1-22-13(16(18,19)20)7-14(24)23(15(22)25)12-6-9(3-4-26-2)10(8-21)5-11(12)17/h5-7H,3-4H2,1-2H3. The Morgan fingerprint density at radius 3 is 2.42 bits per heavy atom. The third-order valence-corrected chi connectivity index (χ3v) is 3.72. The van der Waals surface area contributed by atoms with E-state index in [1.54, 1.807) is 6.07 Å². The van der Waals surface area contributed by atoms with Crippen LogP contribution >= 0.6 is 0 Å². The summed E-state index contributed by atoms with van der Waals surface area (Å²) >= 11 is 0. The van der Waals surface area contributed by atoms with Crippen molar-refractivity contribution in [2.45, 2.75) is 12.6 Å². The third-order valence-electron chi connectivity index (χ3n) is 3.72. The summed E-state index contributed by atoms with van der Waals surface area (Å²) in [5.41, 5.74) is -4.40. The highest BCUT2D eigenvalue weighted by atomic mass is 19.4. The van der Waals surface area contributed by atoms with Gasteiger partial charge in [-0.05, 0) is 24.1 Å². The fourth-order valence-corrected chi connectivity index (χ4v) is 2.42. The van der Waals surface area contributed by atoms with Crippen molar-refractivity contribution < 1.29 is 22.3 Å². The molecule has 138 valence electrons. The van der Waals surface area contributed by atoms with Gasteiger partial charge in [0.05, 0.1) is 23.9 Å². The van der Waals surface area contributed by atoms with Gasteiger partial charge < -0.3 is 4.74 Å². The summed E-state index contributed by atoms with van der Waals surface area (Å²) in [4.78, 5) is 24.3. The van der Waals surface area contributed by atoms with Gasteiger partial charge in [0.25, 0.3) is 5.56 Å². The molecule has 0 atom stereocenters. The number of nitrogens with zero attached hydrogens (tertiary/aromatic N) is 3. The number of methoxy groups -OCH3 is 1. The Hall–Kier alpha value is -2.93. The maximum atomic E-state index is 14.3. The summed E-state index contributed by atoms with van der Waals surface area (Å²) in [5.74, 6) is -1.08. The number of hydrogen-bond donors (Lipinski definition) is 0. The van der Waals surface area contributed by atoms with Gasteiger partial charge in [0, 0.05) is 20.2 Å². The molecule has 0 saturated carbocycles. The van der Waals surface area contributed by atoms with Crippen LogP contribution in [0.2, 0.25) is 0 Å². The van der Waals surface area contributed by atoms with Gasteiger partial charge in [0.2, 0.25) is 0 Å². The molecular weight excluding hydrogens is 358 g/mol. The second-order valence-corrected chi connectivity index (χ2v) is 5.36. The van der Waals surface area contributed by atoms with Crippen LogP contribution in [0, 0.1) is 17.1 Å². The second kappa shape index (κ2) is 7.13. The van der Waals surface area contributed by atoms with Crippen LogP contribution in [0.3, 0.4) is 0 Å². The Morgan fingerprint density at radius 2 is 1.88 bits per heavy atom. The second-order valence-electron chi connectivity index (χ2n) is 5.36. The van der Waals surface area contributed by atoms with Gasteiger partial charge in [-0.15, -0.1) is 0 Å². The first-order chi connectivity index (χ1) is 12.1. The van der Waals surface area contributed by atoms with E-state index in [2.05, 4.69) is 0 Å². The van der Waals surface area contributed by atoms with Gasteiger partial charge in [-0.1, -0.05) is 0 Å². The van der Waals surface area contributed by atoms with Crippen LogP contribution < -0.4 is 11.2 Å². The first-order valence-corrected chi connectivity index (χ1v) is 7.24. The van der Waals surface area contributed by atoms with Crippen LogP contribution in [0.15, 0.2) is 27.8 Å². The molecule has 0 radical (unpaired) electrons. The Bertz CT molecular complexity index is 1000. The molecule has 0 aliphatic rings. The zero-order valence-corrected chi connectivity index (χ0v) is 13.7. The fraction of sp³-hybridized carbons (Fsp3) is 0.312. The highest BCUT2D eigenvalue weighted by molar-refractivity contribution is 5.47. The quantitative estimate of drug-likeness (QED) is 0.768. The molecule has 6 nitrogen and oxygen atoms in total. The first-order valence-electron chi connectivity index (χ1n) is 7.24. The number of halogens is 4. The average Bonchev–Trinajstić information content (AvgIpc) is 2.56. The van der Waals surface area contributed by atoms with E-state index in [1.165, 1.54) is 7.11 Å². The van der Waals surface area contributed by atoms with Crippen LogP contribution in [0.1, 0.15) is 16.8 Å². The highest BCUT2D eigenvalue weighted by Crippen LogP contribution is 2.27. The summed E-state index contributed by atoms with van der Waals surface area (Å²) in [6, 6.07) is 3.90. The fourth-order valence-electron chi connectivity index (χ4n) is 2.42. The Morgan fingerprint density at radius 1 is 1.23 bits per heavy atom. The molecule has 0 saturated heterocycles. The minimum absolute atomic E-state index is 0.0277. The monoisotopic (exact) mass is 371 g/mol. The van der Waals surface area contributed by atoms with Crippen molar-refractivity contribution in [3.8, 4) is 11.8 Å². The number of rotatable bonds is 4. The van der Waals surface area contributed by atoms with Gasteiger partial charge in [0.1, 0.15) is 11.5 Å². The predicted molar refractivity (Wildman–Crippen MR) is 82.5 cm³/mol. The van der Waals surface area contributed by atoms with Crippen molar-refractivity contribution in [1.29, 1.82) is 5.26 Å². The Balaban J connectivity index is 2.77. The topological polar surface area (TPSA) is 77.0 Å². The lowest BCUT2D eigenvalue weighted by Gasteiger charge is -2.15. The number of benzene rings is 1. The lowest BCUT2D eigenvalue weighted by Crippen LogP contribution is -2.41. The highest BCUT2D eigenvalue weighted by Gasteiger charge is 2.35. The first kappa shape index (κ1) is 19.4. The molecule has 10 heteroatoms. The molecule has 1 aromatic heterocycles. The van der Waals surface area contributed by atoms with Crippen LogP contribution in [0.4, 0.5) is 17.6 Å². The van der Waals surface area contributed by atoms with Gasteiger partial charge in [-0.3, -0.25) is 9.36 Å². The maximum Gasteiger partial charge on any atom is 0.431 e.